The standard InChI is InChI=1S/C19H26N4O3/c1-14-4-5-17(25-3)16(10-14)12-22-6-8-23(9-7-22)13-19(24)20-18-11-15(2)26-21-18/h4-5,10-11H,6-9,12-13H2,1-3H3,(H,20,21,24)/p+2. The average molecular weight is 360 g/mol. The van der Waals surface area contributed by atoms with Crippen molar-refractivity contribution in [2.24, 2.45) is 0 Å². The van der Waals surface area contributed by atoms with Gasteiger partial charge in [-0.1, -0.05) is 16.8 Å². The van der Waals surface area contributed by atoms with Crippen LogP contribution in [0.15, 0.2) is 28.8 Å². The number of carbonyl (C=O) groups excluding carboxylic acids is 1. The Balaban J connectivity index is 1.47. The molecule has 0 saturated carbocycles. The SMILES string of the molecule is COc1ccc(C)cc1C[NH+]1CC[NH+](CC(=O)Nc2cc(C)on2)CC1. The van der Waals surface area contributed by atoms with E-state index in [-0.39, 0.29) is 5.91 Å². The van der Waals surface area contributed by atoms with E-state index in [9.17, 15) is 4.79 Å². The zero-order valence-electron chi connectivity index (χ0n) is 15.7. The minimum atomic E-state index is -0.0166. The van der Waals surface area contributed by atoms with E-state index in [1.807, 2.05) is 6.07 Å². The van der Waals surface area contributed by atoms with E-state index >= 15 is 0 Å². The van der Waals surface area contributed by atoms with Gasteiger partial charge in [0, 0.05) is 11.6 Å². The van der Waals surface area contributed by atoms with Gasteiger partial charge in [0.15, 0.2) is 12.4 Å². The number of hydrogen-bond donors (Lipinski definition) is 3. The molecule has 0 bridgehead atoms. The Bertz CT molecular complexity index is 751. The van der Waals surface area contributed by atoms with Crippen molar-refractivity contribution in [3.05, 3.63) is 41.2 Å². The van der Waals surface area contributed by atoms with Gasteiger partial charge >= 0.3 is 0 Å². The zero-order valence-corrected chi connectivity index (χ0v) is 15.7. The number of nitrogens with one attached hydrogen (secondary N) is 3. The Morgan fingerprint density at radius 1 is 1.19 bits per heavy atom. The third-order valence-corrected chi connectivity index (χ3v) is 4.85. The van der Waals surface area contributed by atoms with Gasteiger partial charge in [-0.15, -0.1) is 0 Å². The van der Waals surface area contributed by atoms with Crippen LogP contribution in [0.25, 0.3) is 0 Å². The second-order valence-electron chi connectivity index (χ2n) is 7.04. The number of aromatic nitrogens is 1. The smallest absolute Gasteiger partial charge is 0.280 e. The largest absolute Gasteiger partial charge is 0.496 e. The van der Waals surface area contributed by atoms with Gasteiger partial charge in [0.05, 0.1) is 7.11 Å². The number of hydrogen-bond acceptors (Lipinski definition) is 4. The summed E-state index contributed by atoms with van der Waals surface area (Å²) in [5.41, 5.74) is 2.51. The molecular weight excluding hydrogens is 332 g/mol. The summed E-state index contributed by atoms with van der Waals surface area (Å²) in [4.78, 5) is 15.0. The molecule has 26 heavy (non-hydrogen) atoms. The first-order valence-corrected chi connectivity index (χ1v) is 9.07. The van der Waals surface area contributed by atoms with E-state index in [0.29, 0.717) is 18.1 Å². The summed E-state index contributed by atoms with van der Waals surface area (Å²) in [6.07, 6.45) is 0. The van der Waals surface area contributed by atoms with Crippen LogP contribution in [0.4, 0.5) is 5.82 Å². The van der Waals surface area contributed by atoms with Gasteiger partial charge in [0.2, 0.25) is 0 Å². The fraction of sp³-hybridized carbons (Fsp3) is 0.474. The Labute approximate surface area is 153 Å². The minimum Gasteiger partial charge on any atom is -0.496 e. The molecule has 1 amide bonds. The summed E-state index contributed by atoms with van der Waals surface area (Å²) in [6, 6.07) is 8.05. The summed E-state index contributed by atoms with van der Waals surface area (Å²) in [7, 11) is 1.72. The highest BCUT2D eigenvalue weighted by Crippen LogP contribution is 2.18. The first-order valence-electron chi connectivity index (χ1n) is 9.07. The molecule has 3 N–H and O–H groups in total. The van der Waals surface area contributed by atoms with Gasteiger partial charge in [-0.3, -0.25) is 4.79 Å². The monoisotopic (exact) mass is 360 g/mol. The summed E-state index contributed by atoms with van der Waals surface area (Å²) >= 11 is 0. The highest BCUT2D eigenvalue weighted by atomic mass is 16.5. The van der Waals surface area contributed by atoms with Crippen LogP contribution in [0.1, 0.15) is 16.9 Å². The average Bonchev–Trinajstić information content (AvgIpc) is 3.01. The van der Waals surface area contributed by atoms with E-state index in [1.54, 1.807) is 20.1 Å². The number of amides is 1. The molecule has 1 aliphatic heterocycles. The lowest BCUT2D eigenvalue weighted by molar-refractivity contribution is -1.02. The Morgan fingerprint density at radius 3 is 2.58 bits per heavy atom. The van der Waals surface area contributed by atoms with Crippen molar-refractivity contribution in [3.8, 4) is 5.75 Å². The molecule has 0 spiro atoms. The molecule has 1 fully saturated rings. The summed E-state index contributed by atoms with van der Waals surface area (Å²) in [6.45, 7) is 9.39. The molecule has 1 saturated heterocycles. The van der Waals surface area contributed by atoms with Crippen molar-refractivity contribution in [3.63, 3.8) is 0 Å². The predicted octanol–water partition coefficient (Wildman–Crippen LogP) is -0.778. The summed E-state index contributed by atoms with van der Waals surface area (Å²) in [5, 5.41) is 6.59. The number of benzene rings is 1. The number of carbonyl (C=O) groups is 1. The van der Waals surface area contributed by atoms with Crippen molar-refractivity contribution in [2.45, 2.75) is 20.4 Å². The Hall–Kier alpha value is -2.38. The molecule has 2 aromatic rings. The molecule has 7 heteroatoms. The van der Waals surface area contributed by atoms with Gasteiger partial charge in [-0.2, -0.15) is 0 Å². The van der Waals surface area contributed by atoms with Crippen LogP contribution in [-0.2, 0) is 11.3 Å². The van der Waals surface area contributed by atoms with Crippen molar-refractivity contribution < 1.29 is 23.9 Å². The number of ether oxygens (including phenoxy) is 1. The first kappa shape index (κ1) is 18.4. The zero-order chi connectivity index (χ0) is 18.5. The van der Waals surface area contributed by atoms with E-state index in [1.165, 1.54) is 20.9 Å². The fourth-order valence-electron chi connectivity index (χ4n) is 3.46. The normalized spacial score (nSPS) is 20.0. The van der Waals surface area contributed by atoms with Gasteiger partial charge in [0.1, 0.15) is 44.2 Å². The summed E-state index contributed by atoms with van der Waals surface area (Å²) < 4.78 is 10.5. The van der Waals surface area contributed by atoms with Gasteiger partial charge < -0.3 is 24.4 Å². The van der Waals surface area contributed by atoms with Crippen molar-refractivity contribution in [1.29, 1.82) is 0 Å². The van der Waals surface area contributed by atoms with Crippen LogP contribution in [0.2, 0.25) is 0 Å². The Kier molecular flexibility index (Phi) is 5.90. The minimum absolute atomic E-state index is 0.0166. The van der Waals surface area contributed by atoms with Crippen LogP contribution in [0.3, 0.4) is 0 Å². The van der Waals surface area contributed by atoms with Crippen LogP contribution < -0.4 is 19.9 Å². The highest BCUT2D eigenvalue weighted by molar-refractivity contribution is 5.90. The number of nitrogens with zero attached hydrogens (tertiary/aromatic N) is 1. The number of piperazine rings is 1. The molecule has 0 radical (unpaired) electrons. The predicted molar refractivity (Wildman–Crippen MR) is 97.6 cm³/mol. The molecule has 1 aromatic heterocycles. The maximum absolute atomic E-state index is 12.1. The highest BCUT2D eigenvalue weighted by Gasteiger charge is 2.26. The molecule has 0 unspecified atom stereocenters. The number of anilines is 1. The lowest BCUT2D eigenvalue weighted by Crippen LogP contribution is -3.28. The van der Waals surface area contributed by atoms with E-state index in [2.05, 4.69) is 29.5 Å². The Morgan fingerprint density at radius 2 is 1.92 bits per heavy atom. The van der Waals surface area contributed by atoms with Crippen LogP contribution in [0.5, 0.6) is 5.75 Å². The number of quaternary nitrogens is 2. The van der Waals surface area contributed by atoms with Crippen LogP contribution >= 0.6 is 0 Å². The quantitative estimate of drug-likeness (QED) is 0.632. The number of methoxy groups -OCH3 is 1. The molecule has 0 aliphatic carbocycles. The second kappa shape index (κ2) is 8.33. The molecule has 140 valence electrons. The third-order valence-electron chi connectivity index (χ3n) is 4.85. The maximum atomic E-state index is 12.1. The van der Waals surface area contributed by atoms with Crippen molar-refractivity contribution >= 4 is 11.7 Å². The first-order chi connectivity index (χ1) is 12.5. The van der Waals surface area contributed by atoms with Gasteiger partial charge in [0.25, 0.3) is 5.91 Å². The summed E-state index contributed by atoms with van der Waals surface area (Å²) in [5.74, 6) is 2.12. The van der Waals surface area contributed by atoms with Crippen LogP contribution in [0, 0.1) is 13.8 Å². The molecule has 1 aromatic carbocycles. The van der Waals surface area contributed by atoms with Crippen molar-refractivity contribution in [2.75, 3.05) is 45.2 Å². The van der Waals surface area contributed by atoms with Crippen molar-refractivity contribution in [1.82, 2.24) is 5.16 Å². The molecule has 1 aliphatic rings. The van der Waals surface area contributed by atoms with E-state index in [4.69, 9.17) is 9.26 Å². The van der Waals surface area contributed by atoms with Crippen LogP contribution in [-0.4, -0.2) is 50.9 Å². The van der Waals surface area contributed by atoms with Gasteiger partial charge in [-0.05, 0) is 26.0 Å². The second-order valence-corrected chi connectivity index (χ2v) is 7.04. The molecular formula is C19H28N4O3+2. The maximum Gasteiger partial charge on any atom is 0.280 e. The fourth-order valence-corrected chi connectivity index (χ4v) is 3.46. The number of rotatable bonds is 6. The molecule has 2 heterocycles. The topological polar surface area (TPSA) is 73.2 Å². The molecule has 7 nitrogen and oxygen atoms in total. The third kappa shape index (κ3) is 4.83. The number of aryl methyl sites for hydroxylation is 2. The van der Waals surface area contributed by atoms with E-state index < -0.39 is 0 Å². The van der Waals surface area contributed by atoms with E-state index in [0.717, 1.165) is 38.5 Å². The van der Waals surface area contributed by atoms with Gasteiger partial charge in [-0.25, -0.2) is 0 Å². The lowest BCUT2D eigenvalue weighted by atomic mass is 10.1. The molecule has 3 rings (SSSR count). The lowest BCUT2D eigenvalue weighted by Gasteiger charge is -2.29. The molecule has 0 atom stereocenters.